The Morgan fingerprint density at radius 1 is 0.644 bits per heavy atom. The molecule has 0 saturated heterocycles. The minimum atomic E-state index is -4.00. The van der Waals surface area contributed by atoms with Crippen molar-refractivity contribution in [3.05, 3.63) is 128 Å². The number of sulfonamides is 1. The van der Waals surface area contributed by atoms with Crippen molar-refractivity contribution in [2.45, 2.75) is 26.7 Å². The third-order valence-electron chi connectivity index (χ3n) is 7.53. The van der Waals surface area contributed by atoms with E-state index in [1.807, 2.05) is 4.72 Å². The third-order valence-corrected chi connectivity index (χ3v) is 10.7. The van der Waals surface area contributed by atoms with Gasteiger partial charge in [0.05, 0.1) is 68.5 Å². The van der Waals surface area contributed by atoms with Gasteiger partial charge in [0.1, 0.15) is 10.3 Å². The fourth-order valence-corrected chi connectivity index (χ4v) is 7.33. The molecule has 4 aromatic carbocycles. The molecule has 0 spiro atoms. The second-order valence-electron chi connectivity index (χ2n) is 12.0. The molecule has 0 saturated carbocycles. The molecule has 0 aliphatic rings. The summed E-state index contributed by atoms with van der Waals surface area (Å²) in [5, 5.41) is 0.132. The number of nitrogens with one attached hydrogen (secondary N) is 1. The van der Waals surface area contributed by atoms with Gasteiger partial charge in [0.15, 0.2) is 46.5 Å². The van der Waals surface area contributed by atoms with Gasteiger partial charge in [-0.3, -0.25) is 24.3 Å². The maximum Gasteiger partial charge on any atom is 0.232 e. The molecule has 6 rings (SSSR count). The van der Waals surface area contributed by atoms with Crippen LogP contribution in [0.1, 0.15) is 58.5 Å². The molecule has 0 atom stereocenters. The zero-order valence-electron chi connectivity index (χ0n) is 30.1. The van der Waals surface area contributed by atoms with Crippen LogP contribution in [0.15, 0.2) is 60.9 Å². The van der Waals surface area contributed by atoms with Crippen molar-refractivity contribution in [2.24, 2.45) is 0 Å². The van der Waals surface area contributed by atoms with Gasteiger partial charge in [0.25, 0.3) is 0 Å². The van der Waals surface area contributed by atoms with Crippen LogP contribution in [0.4, 0.5) is 37.7 Å². The Balaban J connectivity index is 0.000000229. The summed E-state index contributed by atoms with van der Waals surface area (Å²) in [5.74, 6) is -11.7. The minimum absolute atomic E-state index is 0.0397. The number of nitrogens with zero attached hydrogens (tertiary/aromatic N) is 4. The number of ketones is 2. The van der Waals surface area contributed by atoms with E-state index in [1.54, 1.807) is 13.8 Å². The van der Waals surface area contributed by atoms with Crippen LogP contribution in [0.2, 0.25) is 10.3 Å². The van der Waals surface area contributed by atoms with Gasteiger partial charge in [-0.05, 0) is 49.2 Å². The smallest absolute Gasteiger partial charge is 0.232 e. The molecule has 6 aromatic rings. The van der Waals surface area contributed by atoms with Crippen molar-refractivity contribution in [3.63, 3.8) is 0 Å². The second kappa shape index (κ2) is 19.3. The molecule has 0 fully saturated rings. The van der Waals surface area contributed by atoms with Gasteiger partial charge in [-0.25, -0.2) is 53.1 Å². The van der Waals surface area contributed by atoms with Crippen molar-refractivity contribution in [1.29, 1.82) is 0 Å². The van der Waals surface area contributed by atoms with E-state index in [-0.39, 0.29) is 50.4 Å². The molecule has 0 bridgehead atoms. The van der Waals surface area contributed by atoms with Gasteiger partial charge in [-0.1, -0.05) is 37.0 Å². The zero-order valence-corrected chi connectivity index (χ0v) is 34.0. The molecule has 0 aliphatic heterocycles. The number of halogens is 9. The number of aromatic nitrogens is 4. The number of hydrogen-bond acceptors (Lipinski definition) is 11. The number of fused-ring (bicyclic) bond motifs is 2. The highest BCUT2D eigenvalue weighted by Gasteiger charge is 2.28. The second-order valence-corrected chi connectivity index (χ2v) is 17.5. The van der Waals surface area contributed by atoms with Crippen molar-refractivity contribution >= 4 is 98.0 Å². The van der Waals surface area contributed by atoms with Crippen molar-refractivity contribution in [1.82, 2.24) is 19.9 Å². The normalized spacial score (nSPS) is 11.4. The van der Waals surface area contributed by atoms with Gasteiger partial charge in [-0.15, -0.1) is 0 Å². The molecule has 12 nitrogen and oxygen atoms in total. The topological polar surface area (TPSA) is 192 Å². The molecular weight excluding hydrogens is 897 g/mol. The summed E-state index contributed by atoms with van der Waals surface area (Å²) in [6.45, 7) is 3.34. The first kappa shape index (κ1) is 46.5. The van der Waals surface area contributed by atoms with Gasteiger partial charge in [0.2, 0.25) is 19.1 Å². The van der Waals surface area contributed by atoms with Crippen LogP contribution in [0, 0.1) is 34.9 Å². The summed E-state index contributed by atoms with van der Waals surface area (Å²) in [6, 6.07) is 8.63. The number of benzene rings is 4. The standard InChI is InChI=1S/C18H13ClF3N3O3S.C15H7ClF3N3O.C3H7ClO2S/c1-2-5-29(27,28)25-13-7-10(20)16(21)15(17(13)22)18(26)9-3-4-11-12(6-9)24-14(19)8-23-11;16-11-5-21-9-2-1-6(3-10(9)22-11)15(23)12-13(18)7(17)4-8(20)14(12)19;1-2-3-7(4,5)6/h3-4,6-8,25H,2,5H2,1H3;1-5H,20H2;2-3H2,1H3. The first-order valence-electron chi connectivity index (χ1n) is 16.5. The number of carbonyl (C=O) groups is 2. The van der Waals surface area contributed by atoms with Crippen LogP contribution in [0.25, 0.3) is 22.1 Å². The molecule has 312 valence electrons. The van der Waals surface area contributed by atoms with Gasteiger partial charge >= 0.3 is 0 Å². The van der Waals surface area contributed by atoms with E-state index in [4.69, 9.17) is 39.6 Å². The predicted molar refractivity (Wildman–Crippen MR) is 211 cm³/mol. The number of hydrogen-bond donors (Lipinski definition) is 2. The van der Waals surface area contributed by atoms with E-state index < -0.39 is 88.0 Å². The Morgan fingerprint density at radius 2 is 1.08 bits per heavy atom. The minimum Gasteiger partial charge on any atom is -0.396 e. The molecule has 0 amide bonds. The molecule has 0 aliphatic carbocycles. The van der Waals surface area contributed by atoms with E-state index in [2.05, 4.69) is 19.9 Å². The Hall–Kier alpha value is -5.15. The number of anilines is 2. The van der Waals surface area contributed by atoms with E-state index in [0.717, 1.165) is 0 Å². The van der Waals surface area contributed by atoms with Crippen LogP contribution in [-0.4, -0.2) is 59.8 Å². The van der Waals surface area contributed by atoms with E-state index in [9.17, 15) is 52.8 Å². The van der Waals surface area contributed by atoms with Crippen LogP contribution in [-0.2, 0) is 19.1 Å². The van der Waals surface area contributed by atoms with Crippen molar-refractivity contribution in [2.75, 3.05) is 22.0 Å². The van der Waals surface area contributed by atoms with Gasteiger partial charge in [-0.2, -0.15) is 0 Å². The lowest BCUT2D eigenvalue weighted by Gasteiger charge is -2.12. The van der Waals surface area contributed by atoms with Crippen LogP contribution in [0.3, 0.4) is 0 Å². The molecular formula is C36H27Cl3F6N6O6S2. The van der Waals surface area contributed by atoms with Crippen molar-refractivity contribution < 1.29 is 52.8 Å². The summed E-state index contributed by atoms with van der Waals surface area (Å²) in [7, 11) is -2.40. The first-order chi connectivity index (χ1) is 27.6. The fraction of sp³-hybridized carbons (Fsp3) is 0.167. The zero-order chi connectivity index (χ0) is 44.0. The summed E-state index contributed by atoms with van der Waals surface area (Å²) in [4.78, 5) is 40.9. The Kier molecular flexibility index (Phi) is 15.2. The molecule has 23 heteroatoms. The number of nitrogens with two attached hydrogens (primary N) is 1. The highest BCUT2D eigenvalue weighted by Crippen LogP contribution is 2.29. The summed E-state index contributed by atoms with van der Waals surface area (Å²) in [6.07, 6.45) is 3.41. The Morgan fingerprint density at radius 3 is 1.51 bits per heavy atom. The maximum atomic E-state index is 14.8. The summed E-state index contributed by atoms with van der Waals surface area (Å²) >= 11 is 11.5. The number of carbonyl (C=O) groups excluding carboxylic acids is 2. The van der Waals surface area contributed by atoms with E-state index >= 15 is 0 Å². The van der Waals surface area contributed by atoms with E-state index in [0.29, 0.717) is 29.6 Å². The molecule has 2 aromatic heterocycles. The van der Waals surface area contributed by atoms with Crippen LogP contribution < -0.4 is 10.5 Å². The molecule has 0 unspecified atom stereocenters. The van der Waals surface area contributed by atoms with Crippen molar-refractivity contribution in [3.8, 4) is 0 Å². The van der Waals surface area contributed by atoms with Gasteiger partial charge < -0.3 is 5.73 Å². The highest BCUT2D eigenvalue weighted by atomic mass is 35.7. The highest BCUT2D eigenvalue weighted by molar-refractivity contribution is 8.13. The lowest BCUT2D eigenvalue weighted by molar-refractivity contribution is 0.102. The molecule has 3 N–H and O–H groups in total. The average Bonchev–Trinajstić information content (AvgIpc) is 3.15. The number of rotatable bonds is 10. The average molecular weight is 924 g/mol. The summed E-state index contributed by atoms with van der Waals surface area (Å²) < 4.78 is 130. The molecule has 59 heavy (non-hydrogen) atoms. The largest absolute Gasteiger partial charge is 0.396 e. The monoisotopic (exact) mass is 922 g/mol. The van der Waals surface area contributed by atoms with Gasteiger partial charge in [0, 0.05) is 33.9 Å². The third kappa shape index (κ3) is 11.7. The Bertz CT molecular complexity index is 2820. The fourth-order valence-electron chi connectivity index (χ4n) is 4.98. The number of nitrogen functional groups attached to an aromatic ring is 1. The molecule has 2 heterocycles. The summed E-state index contributed by atoms with van der Waals surface area (Å²) in [5.41, 5.74) is 2.39. The van der Waals surface area contributed by atoms with Crippen LogP contribution >= 0.6 is 33.9 Å². The predicted octanol–water partition coefficient (Wildman–Crippen LogP) is 8.56. The SMILES string of the molecule is CCCS(=O)(=O)Cl.CCCS(=O)(=O)Nc1cc(F)c(F)c(C(=O)c2ccc3ncc(Cl)nc3c2)c1F.Nc1cc(F)c(F)c(C(=O)c2ccc3ncc(Cl)nc3c2)c1F. The lowest BCUT2D eigenvalue weighted by atomic mass is 10.0. The molecule has 0 radical (unpaired) electrons. The lowest BCUT2D eigenvalue weighted by Crippen LogP contribution is -2.19. The van der Waals surface area contributed by atoms with E-state index in [1.165, 1.54) is 48.8 Å². The quantitative estimate of drug-likeness (QED) is 0.0440. The Labute approximate surface area is 346 Å². The first-order valence-corrected chi connectivity index (χ1v) is 21.4. The van der Waals surface area contributed by atoms with Crippen LogP contribution in [0.5, 0.6) is 0 Å². The maximum absolute atomic E-state index is 14.8.